The molecule has 0 fully saturated rings. The average molecular weight is 442 g/mol. The van der Waals surface area contributed by atoms with Gasteiger partial charge in [-0.15, -0.1) is 5.10 Å². The van der Waals surface area contributed by atoms with Crippen LogP contribution in [0.2, 0.25) is 0 Å². The van der Waals surface area contributed by atoms with Crippen molar-refractivity contribution in [2.75, 3.05) is 0 Å². The number of ether oxygens (including phenoxy) is 1. The Morgan fingerprint density at radius 2 is 1.86 bits per heavy atom. The largest absolute Gasteiger partial charge is 0.365 e. The summed E-state index contributed by atoms with van der Waals surface area (Å²) >= 11 is 3.44. The van der Waals surface area contributed by atoms with Gasteiger partial charge in [0.05, 0.1) is 18.8 Å². The Labute approximate surface area is 167 Å². The van der Waals surface area contributed by atoms with E-state index in [-0.39, 0.29) is 17.8 Å². The molecule has 1 aliphatic rings. The molecule has 140 valence electrons. The van der Waals surface area contributed by atoms with Crippen LogP contribution in [0, 0.1) is 5.82 Å². The fourth-order valence-corrected chi connectivity index (χ4v) is 3.36. The number of nitrogens with zero attached hydrogens (tertiary/aromatic N) is 5. The molecule has 0 aliphatic carbocycles. The number of aromatic nitrogens is 5. The molecule has 7 nitrogen and oxygen atoms in total. The van der Waals surface area contributed by atoms with Crippen LogP contribution in [0.4, 0.5) is 4.39 Å². The number of halogens is 2. The minimum atomic E-state index is -0.322. The Kier molecular flexibility index (Phi) is 4.25. The highest BCUT2D eigenvalue weighted by molar-refractivity contribution is 9.10. The summed E-state index contributed by atoms with van der Waals surface area (Å²) in [6, 6.07) is 13.9. The lowest BCUT2D eigenvalue weighted by molar-refractivity contribution is -0.00117. The Bertz CT molecular complexity index is 1120. The molecule has 0 N–H and O–H groups in total. The molecule has 0 bridgehead atoms. The molecular weight excluding hydrogens is 429 g/mol. The van der Waals surface area contributed by atoms with Crippen molar-refractivity contribution in [2.45, 2.75) is 19.3 Å². The molecule has 2 aromatic heterocycles. The predicted molar refractivity (Wildman–Crippen MR) is 100 cm³/mol. The lowest BCUT2D eigenvalue weighted by Gasteiger charge is -2.24. The van der Waals surface area contributed by atoms with Crippen LogP contribution in [-0.4, -0.2) is 25.1 Å². The van der Waals surface area contributed by atoms with Crippen molar-refractivity contribution in [3.8, 4) is 23.0 Å². The summed E-state index contributed by atoms with van der Waals surface area (Å²) in [6.07, 6.45) is -0.104. The van der Waals surface area contributed by atoms with Crippen molar-refractivity contribution in [1.29, 1.82) is 0 Å². The van der Waals surface area contributed by atoms with Crippen molar-refractivity contribution >= 4 is 15.9 Å². The maximum absolute atomic E-state index is 13.1. The van der Waals surface area contributed by atoms with Crippen LogP contribution in [0.15, 0.2) is 57.5 Å². The zero-order chi connectivity index (χ0) is 19.1. The summed E-state index contributed by atoms with van der Waals surface area (Å²) in [5.74, 6) is 0.296. The summed E-state index contributed by atoms with van der Waals surface area (Å²) in [5.41, 5.74) is 3.00. The van der Waals surface area contributed by atoms with Crippen LogP contribution in [0.25, 0.3) is 23.0 Å². The van der Waals surface area contributed by atoms with Gasteiger partial charge >= 0.3 is 0 Å². The van der Waals surface area contributed by atoms with E-state index >= 15 is 0 Å². The summed E-state index contributed by atoms with van der Waals surface area (Å²) in [6.45, 7) is 0.875. The topological polar surface area (TPSA) is 78.9 Å². The number of benzene rings is 2. The van der Waals surface area contributed by atoms with Gasteiger partial charge in [0.2, 0.25) is 5.82 Å². The van der Waals surface area contributed by atoms with Gasteiger partial charge in [-0.05, 0) is 42.0 Å². The van der Waals surface area contributed by atoms with Gasteiger partial charge < -0.3 is 9.26 Å². The molecule has 0 spiro atoms. The van der Waals surface area contributed by atoms with Gasteiger partial charge in [0.1, 0.15) is 11.9 Å². The van der Waals surface area contributed by atoms with E-state index < -0.39 is 0 Å². The van der Waals surface area contributed by atoms with Crippen LogP contribution in [0.1, 0.15) is 17.4 Å². The molecule has 5 rings (SSSR count). The third kappa shape index (κ3) is 3.12. The molecule has 9 heteroatoms. The number of rotatable bonds is 3. The molecule has 4 aromatic rings. The number of fused-ring (bicyclic) bond motifs is 1. The van der Waals surface area contributed by atoms with Gasteiger partial charge in [0.15, 0.2) is 5.69 Å². The first-order chi connectivity index (χ1) is 13.7. The molecule has 28 heavy (non-hydrogen) atoms. The van der Waals surface area contributed by atoms with E-state index in [1.165, 1.54) is 12.1 Å². The van der Waals surface area contributed by atoms with Crippen LogP contribution in [0.3, 0.4) is 0 Å². The predicted octanol–water partition coefficient (Wildman–Crippen LogP) is 4.17. The van der Waals surface area contributed by atoms with E-state index in [1.54, 1.807) is 16.8 Å². The first kappa shape index (κ1) is 17.2. The van der Waals surface area contributed by atoms with Crippen molar-refractivity contribution in [3.63, 3.8) is 0 Å². The minimum Gasteiger partial charge on any atom is -0.365 e. The van der Waals surface area contributed by atoms with E-state index in [0.29, 0.717) is 30.2 Å². The second-order valence-electron chi connectivity index (χ2n) is 6.35. The van der Waals surface area contributed by atoms with E-state index in [4.69, 9.17) is 9.26 Å². The monoisotopic (exact) mass is 441 g/mol. The maximum Gasteiger partial charge on any atom is 0.280 e. The quantitative estimate of drug-likeness (QED) is 0.474. The van der Waals surface area contributed by atoms with E-state index in [0.717, 1.165) is 15.7 Å². The summed E-state index contributed by atoms with van der Waals surface area (Å²) < 4.78 is 27.3. The standard InChI is InChI=1S/C19H13BrFN5O2/c20-13-5-1-11(2-6-13)16-9-26-15(10-27-16)17(23-25-26)19-22-18(24-28-19)12-3-7-14(21)8-4-12/h1-8,16H,9-10H2. The first-order valence-corrected chi connectivity index (χ1v) is 9.36. The fraction of sp³-hybridized carbons (Fsp3) is 0.158. The minimum absolute atomic E-state index is 0.104. The molecule has 0 radical (unpaired) electrons. The van der Waals surface area contributed by atoms with Gasteiger partial charge in [0, 0.05) is 10.0 Å². The second-order valence-corrected chi connectivity index (χ2v) is 7.26. The SMILES string of the molecule is Fc1ccc(-c2noc(-c3nnn4c3COC(c3ccc(Br)cc3)C4)n2)cc1. The van der Waals surface area contributed by atoms with E-state index in [9.17, 15) is 4.39 Å². The zero-order valence-corrected chi connectivity index (χ0v) is 16.0. The number of hydrogen-bond acceptors (Lipinski definition) is 6. The van der Waals surface area contributed by atoms with Crippen molar-refractivity contribution in [2.24, 2.45) is 0 Å². The lowest BCUT2D eigenvalue weighted by Crippen LogP contribution is -2.22. The third-order valence-corrected chi connectivity index (χ3v) is 5.10. The third-order valence-electron chi connectivity index (χ3n) is 4.57. The molecule has 3 heterocycles. The molecule has 0 saturated carbocycles. The molecule has 1 atom stereocenters. The Balaban J connectivity index is 1.41. The van der Waals surface area contributed by atoms with Gasteiger partial charge in [-0.3, -0.25) is 0 Å². The van der Waals surface area contributed by atoms with Crippen molar-refractivity contribution < 1.29 is 13.7 Å². The fourth-order valence-electron chi connectivity index (χ4n) is 3.09. The Morgan fingerprint density at radius 3 is 2.64 bits per heavy atom. The average Bonchev–Trinajstić information content (AvgIpc) is 3.35. The zero-order valence-electron chi connectivity index (χ0n) is 14.4. The van der Waals surface area contributed by atoms with Gasteiger partial charge in [-0.25, -0.2) is 9.07 Å². The van der Waals surface area contributed by atoms with Gasteiger partial charge in [0.25, 0.3) is 5.89 Å². The highest BCUT2D eigenvalue weighted by Crippen LogP contribution is 2.31. The van der Waals surface area contributed by atoms with Crippen LogP contribution in [0.5, 0.6) is 0 Å². The van der Waals surface area contributed by atoms with Crippen molar-refractivity contribution in [1.82, 2.24) is 25.1 Å². The summed E-state index contributed by atoms with van der Waals surface area (Å²) in [4.78, 5) is 4.37. The van der Waals surface area contributed by atoms with Gasteiger partial charge in [-0.2, -0.15) is 4.98 Å². The molecule has 0 amide bonds. The highest BCUT2D eigenvalue weighted by Gasteiger charge is 2.28. The summed E-state index contributed by atoms with van der Waals surface area (Å²) in [5, 5.41) is 12.4. The smallest absolute Gasteiger partial charge is 0.280 e. The molecular formula is C19H13BrFN5O2. The maximum atomic E-state index is 13.1. The van der Waals surface area contributed by atoms with Crippen LogP contribution < -0.4 is 0 Å². The Morgan fingerprint density at radius 1 is 1.07 bits per heavy atom. The second kappa shape index (κ2) is 6.92. The van der Waals surface area contributed by atoms with E-state index in [2.05, 4.69) is 36.4 Å². The molecule has 2 aromatic carbocycles. The lowest BCUT2D eigenvalue weighted by atomic mass is 10.1. The van der Waals surface area contributed by atoms with E-state index in [1.807, 2.05) is 24.3 Å². The van der Waals surface area contributed by atoms with Crippen molar-refractivity contribution in [3.05, 3.63) is 70.1 Å². The molecule has 1 unspecified atom stereocenters. The normalized spacial score (nSPS) is 16.1. The highest BCUT2D eigenvalue weighted by atomic mass is 79.9. The first-order valence-electron chi connectivity index (χ1n) is 8.57. The van der Waals surface area contributed by atoms with Gasteiger partial charge in [-0.1, -0.05) is 38.4 Å². The molecule has 1 aliphatic heterocycles. The van der Waals surface area contributed by atoms with Crippen LogP contribution in [-0.2, 0) is 17.9 Å². The molecule has 0 saturated heterocycles. The summed E-state index contributed by atoms with van der Waals surface area (Å²) in [7, 11) is 0. The number of hydrogen-bond donors (Lipinski definition) is 0. The van der Waals surface area contributed by atoms with Crippen LogP contribution >= 0.6 is 15.9 Å². The Hall–Kier alpha value is -2.91.